The fourth-order valence-corrected chi connectivity index (χ4v) is 6.90. The van der Waals surface area contributed by atoms with Crippen LogP contribution in [-0.2, 0) is 5.41 Å². The summed E-state index contributed by atoms with van der Waals surface area (Å²) in [6, 6.07) is 16.1. The lowest BCUT2D eigenvalue weighted by molar-refractivity contribution is -0.00453. The molecule has 5 heteroatoms. The average molecular weight is 416 g/mol. The molecule has 0 aliphatic heterocycles. The molecule has 2 N–H and O–H groups in total. The van der Waals surface area contributed by atoms with Gasteiger partial charge in [0.25, 0.3) is 5.91 Å². The third-order valence-electron chi connectivity index (χ3n) is 7.72. The highest BCUT2D eigenvalue weighted by atomic mass is 19.1. The van der Waals surface area contributed by atoms with Gasteiger partial charge in [-0.1, -0.05) is 18.2 Å². The van der Waals surface area contributed by atoms with E-state index in [9.17, 15) is 9.18 Å². The van der Waals surface area contributed by atoms with Crippen LogP contribution in [0, 0.1) is 23.6 Å². The van der Waals surface area contributed by atoms with Gasteiger partial charge in [0.05, 0.1) is 11.2 Å². The summed E-state index contributed by atoms with van der Waals surface area (Å²) < 4.78 is 13.1. The predicted octanol–water partition coefficient (Wildman–Crippen LogP) is 5.60. The van der Waals surface area contributed by atoms with E-state index in [0.29, 0.717) is 11.4 Å². The van der Waals surface area contributed by atoms with E-state index in [0.717, 1.165) is 23.3 Å². The molecule has 2 aromatic carbocycles. The van der Waals surface area contributed by atoms with Crippen LogP contribution in [0.1, 0.15) is 54.6 Å². The Labute approximate surface area is 181 Å². The van der Waals surface area contributed by atoms with Crippen molar-refractivity contribution in [3.05, 3.63) is 71.7 Å². The molecule has 7 rings (SSSR count). The van der Waals surface area contributed by atoms with Crippen LogP contribution in [0.5, 0.6) is 0 Å². The summed E-state index contributed by atoms with van der Waals surface area (Å²) >= 11 is 0. The topological polar surface area (TPSA) is 54.0 Å². The highest BCUT2D eigenvalue weighted by molar-refractivity contribution is 5.96. The largest absolute Gasteiger partial charge is 0.298 e. The summed E-state index contributed by atoms with van der Waals surface area (Å²) in [6.07, 6.45) is 7.87. The monoisotopic (exact) mass is 415 g/mol. The van der Waals surface area contributed by atoms with Crippen LogP contribution in [0.2, 0.25) is 0 Å². The Hall–Kier alpha value is -2.95. The highest BCUT2D eigenvalue weighted by Crippen LogP contribution is 2.61. The van der Waals surface area contributed by atoms with Crippen LogP contribution in [0.3, 0.4) is 0 Å². The van der Waals surface area contributed by atoms with Gasteiger partial charge < -0.3 is 0 Å². The van der Waals surface area contributed by atoms with E-state index < -0.39 is 0 Å². The van der Waals surface area contributed by atoms with Crippen molar-refractivity contribution in [3.8, 4) is 0 Å². The van der Waals surface area contributed by atoms with Crippen molar-refractivity contribution in [2.45, 2.75) is 43.9 Å². The number of anilines is 1. The maximum absolute atomic E-state index is 13.1. The number of para-hydroxylation sites is 1. The Bertz CT molecular complexity index is 1120. The Morgan fingerprint density at radius 1 is 0.935 bits per heavy atom. The van der Waals surface area contributed by atoms with Crippen LogP contribution in [0.25, 0.3) is 10.9 Å². The van der Waals surface area contributed by atoms with E-state index in [-0.39, 0.29) is 17.1 Å². The molecule has 1 aromatic heterocycles. The molecule has 31 heavy (non-hydrogen) atoms. The van der Waals surface area contributed by atoms with Crippen LogP contribution in [-0.4, -0.2) is 10.9 Å². The second-order valence-corrected chi connectivity index (χ2v) is 9.86. The lowest BCUT2D eigenvalue weighted by atomic mass is 9.48. The minimum atomic E-state index is -0.312. The lowest BCUT2D eigenvalue weighted by Crippen LogP contribution is -2.48. The molecule has 3 aromatic rings. The minimum Gasteiger partial charge on any atom is -0.298 e. The van der Waals surface area contributed by atoms with Crippen molar-refractivity contribution in [2.24, 2.45) is 17.8 Å². The molecule has 1 heterocycles. The molecular formula is C26H26FN3O. The van der Waals surface area contributed by atoms with E-state index >= 15 is 0 Å². The molecule has 0 saturated heterocycles. The number of aromatic nitrogens is 1. The van der Waals surface area contributed by atoms with Gasteiger partial charge >= 0.3 is 0 Å². The normalized spacial score (nSPS) is 28.6. The van der Waals surface area contributed by atoms with Gasteiger partial charge in [-0.2, -0.15) is 0 Å². The molecule has 0 atom stereocenters. The number of nitrogens with zero attached hydrogens (tertiary/aromatic N) is 1. The second-order valence-electron chi connectivity index (χ2n) is 9.86. The molecule has 0 unspecified atom stereocenters. The van der Waals surface area contributed by atoms with Crippen LogP contribution < -0.4 is 10.9 Å². The number of amides is 1. The van der Waals surface area contributed by atoms with Gasteiger partial charge in [-0.15, -0.1) is 0 Å². The summed E-state index contributed by atoms with van der Waals surface area (Å²) in [7, 11) is 0. The zero-order valence-electron chi connectivity index (χ0n) is 17.4. The quantitative estimate of drug-likeness (QED) is 0.546. The lowest BCUT2D eigenvalue weighted by Gasteiger charge is -2.57. The smallest absolute Gasteiger partial charge is 0.288 e. The molecule has 4 fully saturated rings. The van der Waals surface area contributed by atoms with Crippen molar-refractivity contribution >= 4 is 22.5 Å². The first kappa shape index (κ1) is 18.8. The first-order valence-electron chi connectivity index (χ1n) is 11.3. The molecule has 158 valence electrons. The van der Waals surface area contributed by atoms with Crippen LogP contribution in [0.15, 0.2) is 54.6 Å². The first-order valence-corrected chi connectivity index (χ1v) is 11.3. The number of rotatable bonds is 4. The Morgan fingerprint density at radius 2 is 1.58 bits per heavy atom. The van der Waals surface area contributed by atoms with Gasteiger partial charge in [0, 0.05) is 5.39 Å². The highest BCUT2D eigenvalue weighted by Gasteiger charge is 2.52. The number of carbonyl (C=O) groups excluding carboxylic acids is 1. The zero-order chi connectivity index (χ0) is 21.0. The number of hydrazine groups is 1. The summed E-state index contributed by atoms with van der Waals surface area (Å²) in [5.74, 6) is 1.90. The second kappa shape index (κ2) is 7.04. The molecule has 4 aliphatic rings. The van der Waals surface area contributed by atoms with Crippen molar-refractivity contribution in [1.29, 1.82) is 0 Å². The zero-order valence-corrected chi connectivity index (χ0v) is 17.4. The number of pyridine rings is 1. The number of benzene rings is 2. The van der Waals surface area contributed by atoms with Gasteiger partial charge in [-0.25, -0.2) is 9.37 Å². The molecule has 0 spiro atoms. The summed E-state index contributed by atoms with van der Waals surface area (Å²) in [6.45, 7) is 0. The number of fused-ring (bicyclic) bond motifs is 1. The minimum absolute atomic E-state index is 0.177. The van der Waals surface area contributed by atoms with Gasteiger partial charge in [-0.3, -0.25) is 15.6 Å². The van der Waals surface area contributed by atoms with Gasteiger partial charge in [0.1, 0.15) is 11.5 Å². The van der Waals surface area contributed by atoms with Crippen molar-refractivity contribution in [3.63, 3.8) is 0 Å². The molecule has 4 nitrogen and oxygen atoms in total. The van der Waals surface area contributed by atoms with E-state index in [1.54, 1.807) is 12.1 Å². The fraction of sp³-hybridized carbons (Fsp3) is 0.385. The fourth-order valence-electron chi connectivity index (χ4n) is 6.90. The Balaban J connectivity index is 1.36. The maximum atomic E-state index is 13.1. The first-order chi connectivity index (χ1) is 15.1. The van der Waals surface area contributed by atoms with Crippen LogP contribution in [0.4, 0.5) is 10.1 Å². The molecule has 4 bridgehead atoms. The molecule has 4 saturated carbocycles. The Morgan fingerprint density at radius 3 is 2.26 bits per heavy atom. The number of halogens is 1. The van der Waals surface area contributed by atoms with Crippen molar-refractivity contribution in [1.82, 2.24) is 10.4 Å². The number of hydrogen-bond donors (Lipinski definition) is 2. The van der Waals surface area contributed by atoms with Crippen LogP contribution >= 0.6 is 0 Å². The molecule has 4 aliphatic carbocycles. The van der Waals surface area contributed by atoms with Gasteiger partial charge in [0.15, 0.2) is 0 Å². The van der Waals surface area contributed by atoms with Gasteiger partial charge in [-0.05, 0) is 104 Å². The standard InChI is InChI=1S/C26H26FN3O/c27-19-5-7-20(8-6-19)29-30-25(31)24-12-22(21-3-1-2-4-23(21)28-24)26-13-16-9-17(14-26)11-18(10-16)15-26/h1-8,12,16-18,29H,9-11,13-15H2,(H,30,31). The number of carbonyl (C=O) groups is 1. The maximum Gasteiger partial charge on any atom is 0.288 e. The van der Waals surface area contributed by atoms with Crippen molar-refractivity contribution in [2.75, 3.05) is 5.43 Å². The number of hydrogen-bond acceptors (Lipinski definition) is 3. The molecule has 0 radical (unpaired) electrons. The predicted molar refractivity (Wildman–Crippen MR) is 119 cm³/mol. The third-order valence-corrected chi connectivity index (χ3v) is 7.72. The SMILES string of the molecule is O=C(NNc1ccc(F)cc1)c1cc(C23CC4CC(CC(C4)C2)C3)c2ccccc2n1. The van der Waals surface area contributed by atoms with E-state index in [2.05, 4.69) is 28.0 Å². The van der Waals surface area contributed by atoms with E-state index in [1.807, 2.05) is 18.2 Å². The van der Waals surface area contributed by atoms with E-state index in [1.165, 1.54) is 61.6 Å². The molecule has 1 amide bonds. The summed E-state index contributed by atoms with van der Waals surface area (Å²) in [4.78, 5) is 17.7. The average Bonchev–Trinajstić information content (AvgIpc) is 2.77. The van der Waals surface area contributed by atoms with E-state index in [4.69, 9.17) is 0 Å². The Kier molecular flexibility index (Phi) is 4.27. The molecular weight excluding hydrogens is 389 g/mol. The van der Waals surface area contributed by atoms with Crippen molar-refractivity contribution < 1.29 is 9.18 Å². The number of nitrogens with one attached hydrogen (secondary N) is 2. The third kappa shape index (κ3) is 3.27. The van der Waals surface area contributed by atoms with Gasteiger partial charge in [0.2, 0.25) is 0 Å². The summed E-state index contributed by atoms with van der Waals surface area (Å²) in [5, 5.41) is 1.19. The summed E-state index contributed by atoms with van der Waals surface area (Å²) in [5.41, 5.74) is 9.01.